The molecule has 0 aliphatic carbocycles. The smallest absolute Gasteiger partial charge is 0.340 e. The van der Waals surface area contributed by atoms with Crippen molar-refractivity contribution in [1.29, 1.82) is 0 Å². The Morgan fingerprint density at radius 1 is 1.30 bits per heavy atom. The van der Waals surface area contributed by atoms with Crippen molar-refractivity contribution in [3.63, 3.8) is 0 Å². The Labute approximate surface area is 129 Å². The summed E-state index contributed by atoms with van der Waals surface area (Å²) in [7, 11) is 1.53. The third kappa shape index (κ3) is 3.60. The molecule has 0 amide bonds. The van der Waals surface area contributed by atoms with E-state index in [-0.39, 0.29) is 16.8 Å². The number of non-ortho nitro benzene ring substituents is 1. The number of esters is 1. The number of ether oxygens (including phenoxy) is 1. The van der Waals surface area contributed by atoms with Crippen LogP contribution in [0.4, 0.5) is 20.2 Å². The van der Waals surface area contributed by atoms with Crippen LogP contribution in [0.25, 0.3) is 0 Å². The van der Waals surface area contributed by atoms with Crippen molar-refractivity contribution in [2.24, 2.45) is 0 Å². The predicted octanol–water partition coefficient (Wildman–Crippen LogP) is 3.27. The second kappa shape index (κ2) is 6.82. The minimum atomic E-state index is -1.10. The van der Waals surface area contributed by atoms with Gasteiger partial charge in [0, 0.05) is 30.4 Å². The number of rotatable bonds is 5. The second-order valence-corrected chi connectivity index (χ2v) is 4.53. The molecule has 2 rings (SSSR count). The first-order valence-electron chi connectivity index (χ1n) is 6.50. The van der Waals surface area contributed by atoms with Crippen LogP contribution in [0.1, 0.15) is 15.9 Å². The quantitative estimate of drug-likeness (QED) is 0.519. The Morgan fingerprint density at radius 3 is 2.70 bits per heavy atom. The van der Waals surface area contributed by atoms with Crippen molar-refractivity contribution in [1.82, 2.24) is 0 Å². The molecule has 0 unspecified atom stereocenters. The molecule has 120 valence electrons. The maximum atomic E-state index is 13.5. The predicted molar refractivity (Wildman–Crippen MR) is 78.1 cm³/mol. The van der Waals surface area contributed by atoms with Crippen LogP contribution in [-0.2, 0) is 11.3 Å². The number of carbonyl (C=O) groups excluding carboxylic acids is 1. The van der Waals surface area contributed by atoms with Crippen molar-refractivity contribution >= 4 is 17.3 Å². The fourth-order valence-corrected chi connectivity index (χ4v) is 1.91. The Balaban J connectivity index is 2.21. The molecule has 0 fully saturated rings. The van der Waals surface area contributed by atoms with Crippen molar-refractivity contribution in [2.75, 3.05) is 12.4 Å². The summed E-state index contributed by atoms with van der Waals surface area (Å²) < 4.78 is 31.5. The first-order valence-corrected chi connectivity index (χ1v) is 6.50. The van der Waals surface area contributed by atoms with Gasteiger partial charge in [-0.25, -0.2) is 13.6 Å². The van der Waals surface area contributed by atoms with Gasteiger partial charge in [-0.3, -0.25) is 10.1 Å². The SMILES string of the molecule is CNc1ccc([N+](=O)[O-])cc1C(=O)OCc1cccc(F)c1F. The minimum Gasteiger partial charge on any atom is -0.457 e. The standard InChI is InChI=1S/C15H12F2N2O4/c1-18-13-6-5-10(19(21)22)7-11(13)15(20)23-8-9-3-2-4-12(16)14(9)17/h2-7,18H,8H2,1H3. The van der Waals surface area contributed by atoms with E-state index >= 15 is 0 Å². The van der Waals surface area contributed by atoms with Crippen LogP contribution < -0.4 is 5.32 Å². The largest absolute Gasteiger partial charge is 0.457 e. The minimum absolute atomic E-state index is 0.0708. The summed E-state index contributed by atoms with van der Waals surface area (Å²) in [6, 6.07) is 7.15. The van der Waals surface area contributed by atoms with Gasteiger partial charge in [0.2, 0.25) is 0 Å². The van der Waals surface area contributed by atoms with Crippen molar-refractivity contribution in [3.05, 3.63) is 69.3 Å². The summed E-state index contributed by atoms with van der Waals surface area (Å²) in [4.78, 5) is 22.2. The number of anilines is 1. The van der Waals surface area contributed by atoms with Gasteiger partial charge >= 0.3 is 5.97 Å². The number of hydrogen-bond donors (Lipinski definition) is 1. The van der Waals surface area contributed by atoms with Crippen LogP contribution in [0.3, 0.4) is 0 Å². The number of benzene rings is 2. The molecule has 6 nitrogen and oxygen atoms in total. The second-order valence-electron chi connectivity index (χ2n) is 4.53. The highest BCUT2D eigenvalue weighted by molar-refractivity contribution is 5.96. The Morgan fingerprint density at radius 2 is 2.04 bits per heavy atom. The molecule has 23 heavy (non-hydrogen) atoms. The van der Waals surface area contributed by atoms with E-state index in [1.807, 2.05) is 0 Å². The lowest BCUT2D eigenvalue weighted by atomic mass is 10.1. The van der Waals surface area contributed by atoms with E-state index in [1.165, 1.54) is 31.3 Å². The molecule has 0 saturated heterocycles. The normalized spacial score (nSPS) is 10.2. The van der Waals surface area contributed by atoms with Gasteiger partial charge in [-0.1, -0.05) is 12.1 Å². The number of nitrogens with one attached hydrogen (secondary N) is 1. The highest BCUT2D eigenvalue weighted by Gasteiger charge is 2.18. The lowest BCUT2D eigenvalue weighted by Gasteiger charge is -2.10. The zero-order valence-corrected chi connectivity index (χ0v) is 12.0. The number of nitro benzene ring substituents is 1. The monoisotopic (exact) mass is 322 g/mol. The zero-order chi connectivity index (χ0) is 17.0. The number of hydrogen-bond acceptors (Lipinski definition) is 5. The number of nitrogens with zero attached hydrogens (tertiary/aromatic N) is 1. The highest BCUT2D eigenvalue weighted by atomic mass is 19.2. The summed E-state index contributed by atoms with van der Waals surface area (Å²) in [5, 5.41) is 13.5. The molecule has 2 aromatic rings. The summed E-state index contributed by atoms with van der Waals surface area (Å²) in [6.45, 7) is -0.492. The molecule has 0 bridgehead atoms. The number of halogens is 2. The van der Waals surface area contributed by atoms with Gasteiger partial charge in [0.15, 0.2) is 11.6 Å². The lowest BCUT2D eigenvalue weighted by Crippen LogP contribution is -2.10. The molecule has 0 aromatic heterocycles. The first-order chi connectivity index (χ1) is 10.9. The Bertz CT molecular complexity index is 765. The molecule has 0 spiro atoms. The molecular formula is C15H12F2N2O4. The van der Waals surface area contributed by atoms with E-state index in [4.69, 9.17) is 4.74 Å². The van der Waals surface area contributed by atoms with Crippen LogP contribution in [0, 0.1) is 21.7 Å². The summed E-state index contributed by atoms with van der Waals surface area (Å²) in [5.74, 6) is -3.04. The van der Waals surface area contributed by atoms with Crippen LogP contribution in [0.5, 0.6) is 0 Å². The van der Waals surface area contributed by atoms with Gasteiger partial charge in [-0.05, 0) is 12.1 Å². The third-order valence-electron chi connectivity index (χ3n) is 3.09. The van der Waals surface area contributed by atoms with Crippen LogP contribution in [0.15, 0.2) is 36.4 Å². The van der Waals surface area contributed by atoms with Crippen LogP contribution >= 0.6 is 0 Å². The van der Waals surface area contributed by atoms with Crippen molar-refractivity contribution in [3.8, 4) is 0 Å². The van der Waals surface area contributed by atoms with E-state index in [1.54, 1.807) is 0 Å². The summed E-state index contributed by atoms with van der Waals surface area (Å²) in [6.07, 6.45) is 0. The van der Waals surface area contributed by atoms with Gasteiger partial charge in [0.05, 0.1) is 10.5 Å². The molecule has 0 heterocycles. The molecule has 8 heteroatoms. The first kappa shape index (κ1) is 16.3. The molecule has 0 aliphatic heterocycles. The van der Waals surface area contributed by atoms with Crippen molar-refractivity contribution in [2.45, 2.75) is 6.61 Å². The van der Waals surface area contributed by atoms with E-state index < -0.39 is 29.1 Å². The molecule has 0 radical (unpaired) electrons. The molecule has 0 saturated carbocycles. The summed E-state index contributed by atoms with van der Waals surface area (Å²) >= 11 is 0. The van der Waals surface area contributed by atoms with Gasteiger partial charge in [-0.2, -0.15) is 0 Å². The fourth-order valence-electron chi connectivity index (χ4n) is 1.91. The zero-order valence-electron chi connectivity index (χ0n) is 12.0. The molecule has 0 aliphatic rings. The maximum absolute atomic E-state index is 13.5. The van der Waals surface area contributed by atoms with Gasteiger partial charge in [-0.15, -0.1) is 0 Å². The maximum Gasteiger partial charge on any atom is 0.340 e. The van der Waals surface area contributed by atoms with Crippen molar-refractivity contribution < 1.29 is 23.2 Å². The third-order valence-corrected chi connectivity index (χ3v) is 3.09. The van der Waals surface area contributed by atoms with Crippen LogP contribution in [-0.4, -0.2) is 17.9 Å². The molecule has 2 aromatic carbocycles. The summed E-state index contributed by atoms with van der Waals surface area (Å²) in [5.41, 5.74) is -0.165. The van der Waals surface area contributed by atoms with Gasteiger partial charge in [0.25, 0.3) is 5.69 Å². The highest BCUT2D eigenvalue weighted by Crippen LogP contribution is 2.23. The average molecular weight is 322 g/mol. The molecule has 1 N–H and O–H groups in total. The Hall–Kier alpha value is -3.03. The lowest BCUT2D eigenvalue weighted by molar-refractivity contribution is -0.384. The van der Waals surface area contributed by atoms with E-state index in [0.717, 1.165) is 12.1 Å². The number of carbonyl (C=O) groups is 1. The Kier molecular flexibility index (Phi) is 4.85. The fraction of sp³-hybridized carbons (Fsp3) is 0.133. The molecular weight excluding hydrogens is 310 g/mol. The van der Waals surface area contributed by atoms with E-state index in [0.29, 0.717) is 5.69 Å². The topological polar surface area (TPSA) is 81.5 Å². The average Bonchev–Trinajstić information content (AvgIpc) is 2.55. The van der Waals surface area contributed by atoms with Gasteiger partial charge < -0.3 is 10.1 Å². The number of nitro groups is 1. The van der Waals surface area contributed by atoms with Gasteiger partial charge in [0.1, 0.15) is 6.61 Å². The molecule has 0 atom stereocenters. The van der Waals surface area contributed by atoms with Crippen LogP contribution in [0.2, 0.25) is 0 Å². The van der Waals surface area contributed by atoms with E-state index in [9.17, 15) is 23.7 Å². The van der Waals surface area contributed by atoms with E-state index in [2.05, 4.69) is 5.32 Å².